The van der Waals surface area contributed by atoms with Crippen LogP contribution in [-0.4, -0.2) is 38.1 Å². The predicted octanol–water partition coefficient (Wildman–Crippen LogP) is 3.49. The molecular formula is C19H19F3N6O. The van der Waals surface area contributed by atoms with Crippen molar-refractivity contribution in [2.24, 2.45) is 0 Å². The molecule has 152 valence electrons. The lowest BCUT2D eigenvalue weighted by atomic mass is 10.1. The van der Waals surface area contributed by atoms with Gasteiger partial charge in [0.1, 0.15) is 23.9 Å². The van der Waals surface area contributed by atoms with Crippen molar-refractivity contribution in [1.82, 2.24) is 25.0 Å². The fraction of sp³-hybridized carbons (Fsp3) is 0.368. The Morgan fingerprint density at radius 1 is 1.17 bits per heavy atom. The zero-order valence-electron chi connectivity index (χ0n) is 15.7. The molecule has 0 spiro atoms. The number of rotatable bonds is 6. The van der Waals surface area contributed by atoms with Gasteiger partial charge in [0.05, 0.1) is 17.4 Å². The lowest BCUT2D eigenvalue weighted by Gasteiger charge is -2.16. The van der Waals surface area contributed by atoms with Gasteiger partial charge in [0.25, 0.3) is 5.92 Å². The summed E-state index contributed by atoms with van der Waals surface area (Å²) in [7, 11) is 0. The first-order valence-corrected chi connectivity index (χ1v) is 9.20. The third kappa shape index (κ3) is 4.30. The van der Waals surface area contributed by atoms with Crippen molar-refractivity contribution in [3.8, 4) is 11.7 Å². The minimum absolute atomic E-state index is 0.0570. The lowest BCUT2D eigenvalue weighted by Crippen LogP contribution is -2.19. The van der Waals surface area contributed by atoms with Gasteiger partial charge in [-0.2, -0.15) is 4.98 Å². The summed E-state index contributed by atoms with van der Waals surface area (Å²) in [5.74, 6) is -3.46. The van der Waals surface area contributed by atoms with Crippen LogP contribution in [0.3, 0.4) is 0 Å². The summed E-state index contributed by atoms with van der Waals surface area (Å²) in [5.41, 5.74) is 0.0266. The highest BCUT2D eigenvalue weighted by Gasteiger charge is 2.28. The van der Waals surface area contributed by atoms with E-state index in [-0.39, 0.29) is 18.3 Å². The topological polar surface area (TPSA) is 69.0 Å². The van der Waals surface area contributed by atoms with E-state index in [1.807, 2.05) is 6.07 Å². The van der Waals surface area contributed by atoms with E-state index in [1.54, 1.807) is 6.20 Å². The van der Waals surface area contributed by atoms with E-state index in [2.05, 4.69) is 25.2 Å². The Bertz CT molecular complexity index is 998. The number of aromatic nitrogens is 5. The van der Waals surface area contributed by atoms with Crippen LogP contribution >= 0.6 is 0 Å². The summed E-state index contributed by atoms with van der Waals surface area (Å²) in [6.45, 7) is 2.62. The van der Waals surface area contributed by atoms with Crippen LogP contribution in [0.15, 0.2) is 36.7 Å². The average molecular weight is 404 g/mol. The molecule has 7 nitrogen and oxygen atoms in total. The smallest absolute Gasteiger partial charge is 0.318 e. The zero-order chi connectivity index (χ0) is 20.4. The number of halogens is 3. The molecule has 0 radical (unpaired) electrons. The molecule has 1 aromatic carbocycles. The molecule has 1 aliphatic heterocycles. The van der Waals surface area contributed by atoms with Crippen LogP contribution in [0.2, 0.25) is 0 Å². The van der Waals surface area contributed by atoms with Gasteiger partial charge in [0.2, 0.25) is 0 Å². The molecule has 3 heterocycles. The SMILES string of the molecule is CC(F)(F)c1cc(-n2cc(COc3nccc(N4CCCC4)n3)nn2)ccc1F. The quantitative estimate of drug-likeness (QED) is 0.627. The van der Waals surface area contributed by atoms with E-state index in [1.165, 1.54) is 16.9 Å². The minimum atomic E-state index is -3.30. The largest absolute Gasteiger partial charge is 0.457 e. The molecule has 0 atom stereocenters. The fourth-order valence-electron chi connectivity index (χ4n) is 3.15. The summed E-state index contributed by atoms with van der Waals surface area (Å²) in [5, 5.41) is 7.86. The van der Waals surface area contributed by atoms with Crippen LogP contribution in [0.25, 0.3) is 5.69 Å². The van der Waals surface area contributed by atoms with Gasteiger partial charge in [-0.15, -0.1) is 5.10 Å². The molecule has 10 heteroatoms. The van der Waals surface area contributed by atoms with E-state index in [0.29, 0.717) is 12.6 Å². The molecule has 0 bridgehead atoms. The van der Waals surface area contributed by atoms with Gasteiger partial charge < -0.3 is 9.64 Å². The summed E-state index contributed by atoms with van der Waals surface area (Å²) in [6.07, 6.45) is 5.43. The van der Waals surface area contributed by atoms with Gasteiger partial charge in [-0.3, -0.25) is 0 Å². The lowest BCUT2D eigenvalue weighted by molar-refractivity contribution is 0.0137. The van der Waals surface area contributed by atoms with Crippen LogP contribution < -0.4 is 9.64 Å². The van der Waals surface area contributed by atoms with Crippen LogP contribution in [-0.2, 0) is 12.5 Å². The number of nitrogens with zero attached hydrogens (tertiary/aromatic N) is 6. The Hall–Kier alpha value is -3.17. The Kier molecular flexibility index (Phi) is 5.08. The fourth-order valence-corrected chi connectivity index (χ4v) is 3.15. The predicted molar refractivity (Wildman–Crippen MR) is 98.7 cm³/mol. The second-order valence-electron chi connectivity index (χ2n) is 6.89. The van der Waals surface area contributed by atoms with Crippen LogP contribution in [0.5, 0.6) is 6.01 Å². The van der Waals surface area contributed by atoms with E-state index >= 15 is 0 Å². The van der Waals surface area contributed by atoms with Crippen molar-refractivity contribution >= 4 is 5.82 Å². The maximum atomic E-state index is 13.7. The first-order chi connectivity index (χ1) is 13.9. The molecule has 0 N–H and O–H groups in total. The summed E-state index contributed by atoms with van der Waals surface area (Å²) < 4.78 is 47.7. The van der Waals surface area contributed by atoms with Gasteiger partial charge in [0.15, 0.2) is 0 Å². The molecule has 0 aliphatic carbocycles. The van der Waals surface area contributed by atoms with Crippen molar-refractivity contribution in [3.05, 3.63) is 53.7 Å². The summed E-state index contributed by atoms with van der Waals surface area (Å²) in [6, 6.07) is 5.45. The normalized spacial score (nSPS) is 14.4. The minimum Gasteiger partial charge on any atom is -0.457 e. The van der Waals surface area contributed by atoms with Crippen LogP contribution in [0, 0.1) is 5.82 Å². The first kappa shape index (κ1) is 19.2. The molecule has 3 aromatic rings. The number of anilines is 1. The number of alkyl halides is 2. The van der Waals surface area contributed by atoms with Crippen molar-refractivity contribution in [3.63, 3.8) is 0 Å². The molecule has 29 heavy (non-hydrogen) atoms. The van der Waals surface area contributed by atoms with Gasteiger partial charge in [-0.25, -0.2) is 22.8 Å². The zero-order valence-corrected chi connectivity index (χ0v) is 15.7. The molecule has 1 fully saturated rings. The molecule has 0 saturated carbocycles. The standard InChI is InChI=1S/C19H19F3N6O/c1-19(21,22)15-10-14(4-5-16(15)20)28-11-13(25-26-28)12-29-18-23-7-6-17(24-18)27-8-2-3-9-27/h4-7,10-11H,2-3,8-9,12H2,1H3. The molecule has 0 unspecified atom stereocenters. The number of ether oxygens (including phenoxy) is 1. The Labute approximate surface area is 165 Å². The Balaban J connectivity index is 1.46. The van der Waals surface area contributed by atoms with Gasteiger partial charge in [0, 0.05) is 26.2 Å². The number of benzene rings is 1. The van der Waals surface area contributed by atoms with Gasteiger partial charge in [-0.05, 0) is 37.1 Å². The maximum Gasteiger partial charge on any atom is 0.318 e. The van der Waals surface area contributed by atoms with E-state index in [9.17, 15) is 13.2 Å². The second-order valence-corrected chi connectivity index (χ2v) is 6.89. The van der Waals surface area contributed by atoms with Gasteiger partial charge >= 0.3 is 6.01 Å². The average Bonchev–Trinajstić information content (AvgIpc) is 3.38. The molecule has 1 aliphatic rings. The number of hydrogen-bond acceptors (Lipinski definition) is 6. The molecule has 0 amide bonds. The van der Waals surface area contributed by atoms with Crippen molar-refractivity contribution in [2.75, 3.05) is 18.0 Å². The van der Waals surface area contributed by atoms with E-state index in [4.69, 9.17) is 4.74 Å². The van der Waals surface area contributed by atoms with E-state index < -0.39 is 17.3 Å². The molecule has 4 rings (SSSR count). The highest BCUT2D eigenvalue weighted by atomic mass is 19.3. The highest BCUT2D eigenvalue weighted by Crippen LogP contribution is 2.30. The van der Waals surface area contributed by atoms with Crippen LogP contribution in [0.4, 0.5) is 19.0 Å². The van der Waals surface area contributed by atoms with Crippen LogP contribution in [0.1, 0.15) is 31.0 Å². The molecule has 2 aromatic heterocycles. The maximum absolute atomic E-state index is 13.7. The monoisotopic (exact) mass is 404 g/mol. The van der Waals surface area contributed by atoms with Crippen molar-refractivity contribution in [2.45, 2.75) is 32.3 Å². The van der Waals surface area contributed by atoms with Gasteiger partial charge in [-0.1, -0.05) is 5.21 Å². The van der Waals surface area contributed by atoms with Crippen molar-refractivity contribution in [1.29, 1.82) is 0 Å². The van der Waals surface area contributed by atoms with Crippen molar-refractivity contribution < 1.29 is 17.9 Å². The Morgan fingerprint density at radius 3 is 2.72 bits per heavy atom. The van der Waals surface area contributed by atoms with E-state index in [0.717, 1.165) is 43.9 Å². The first-order valence-electron chi connectivity index (χ1n) is 9.20. The summed E-state index contributed by atoms with van der Waals surface area (Å²) in [4.78, 5) is 10.7. The number of hydrogen-bond donors (Lipinski definition) is 0. The molecular weight excluding hydrogens is 385 g/mol. The molecule has 1 saturated heterocycles. The Morgan fingerprint density at radius 2 is 1.97 bits per heavy atom. The highest BCUT2D eigenvalue weighted by molar-refractivity contribution is 5.39. The second kappa shape index (κ2) is 7.69. The third-order valence-electron chi connectivity index (χ3n) is 4.63. The third-order valence-corrected chi connectivity index (χ3v) is 4.63. The summed E-state index contributed by atoms with van der Waals surface area (Å²) >= 11 is 0.